The number of rotatable bonds is 5. The maximum Gasteiger partial charge on any atom is 0.302 e. The fourth-order valence-corrected chi connectivity index (χ4v) is 17.6. The molecule has 270 valence electrons. The molecule has 8 unspecified atom stereocenters. The first kappa shape index (κ1) is 32.9. The third-order valence-electron chi connectivity index (χ3n) is 12.5. The Morgan fingerprint density at radius 2 is 1.04 bits per heavy atom. The van der Waals surface area contributed by atoms with Crippen molar-refractivity contribution in [3.63, 3.8) is 0 Å². The number of piperazine rings is 2. The van der Waals surface area contributed by atoms with Crippen molar-refractivity contribution in [1.82, 2.24) is 19.6 Å². The summed E-state index contributed by atoms with van der Waals surface area (Å²) in [6.07, 6.45) is -1.23. The number of benzene rings is 2. The van der Waals surface area contributed by atoms with Gasteiger partial charge in [-0.3, -0.25) is 38.6 Å². The van der Waals surface area contributed by atoms with Crippen LogP contribution in [-0.4, -0.2) is 114 Å². The van der Waals surface area contributed by atoms with E-state index in [4.69, 9.17) is 9.47 Å². The van der Waals surface area contributed by atoms with Gasteiger partial charge in [-0.25, -0.2) is 0 Å². The molecule has 8 saturated heterocycles. The maximum absolute atomic E-state index is 15.1. The number of amides is 4. The smallest absolute Gasteiger partial charge is 0.302 e. The van der Waals surface area contributed by atoms with E-state index in [1.54, 1.807) is 23.9 Å². The normalized spacial score (nSPS) is 39.8. The van der Waals surface area contributed by atoms with Gasteiger partial charge in [-0.2, -0.15) is 0 Å². The van der Waals surface area contributed by atoms with Crippen LogP contribution in [0.15, 0.2) is 48.5 Å². The summed E-state index contributed by atoms with van der Waals surface area (Å²) >= 11 is 0. The van der Waals surface area contributed by atoms with Gasteiger partial charge in [0.25, 0.3) is 23.6 Å². The second-order valence-electron chi connectivity index (χ2n) is 14.6. The first-order valence-electron chi connectivity index (χ1n) is 16.7. The van der Waals surface area contributed by atoms with Crippen molar-refractivity contribution in [3.8, 4) is 0 Å². The standard InChI is InChI=1S/C34H32N6O8S4/c1-17(41)47-15-33-27(45)39-23-29(19-9-5-7-11-21(19)35-23,13-31(39,49-51-33)25(43)37(33)3)30-14-32-26(44)38(4)34(52-50-32,16-48-18(2)42)28(46)40(32)24(30)36-22-12-8-6-10-20(22)30/h5-12,23-24,35-36H,13-16H2,1-4H3. The molecule has 0 aromatic heterocycles. The highest BCUT2D eigenvalue weighted by Gasteiger charge is 2.88. The number of carbonyl (C=O) groups excluding carboxylic acids is 6. The van der Waals surface area contributed by atoms with E-state index in [2.05, 4.69) is 10.6 Å². The molecule has 8 fully saturated rings. The molecule has 2 aromatic rings. The highest BCUT2D eigenvalue weighted by molar-refractivity contribution is 8.78. The minimum Gasteiger partial charge on any atom is -0.462 e. The molecule has 0 aliphatic carbocycles. The van der Waals surface area contributed by atoms with Crippen LogP contribution in [0.1, 0.15) is 37.8 Å². The van der Waals surface area contributed by atoms with Crippen LogP contribution in [-0.2, 0) is 49.1 Å². The van der Waals surface area contributed by atoms with E-state index in [0.29, 0.717) is 0 Å². The number of esters is 2. The Hall–Kier alpha value is -3.74. The largest absolute Gasteiger partial charge is 0.462 e. The second kappa shape index (κ2) is 10.1. The molecule has 2 spiro atoms. The molecule has 10 heterocycles. The van der Waals surface area contributed by atoms with Gasteiger partial charge in [0.05, 0.1) is 10.8 Å². The van der Waals surface area contributed by atoms with Crippen LogP contribution >= 0.6 is 43.2 Å². The lowest BCUT2D eigenvalue weighted by Gasteiger charge is -2.58. The van der Waals surface area contributed by atoms with E-state index in [9.17, 15) is 19.2 Å². The van der Waals surface area contributed by atoms with Crippen LogP contribution in [0.25, 0.3) is 0 Å². The molecule has 18 heteroatoms. The first-order valence-corrected chi connectivity index (χ1v) is 21.0. The number of anilines is 2. The lowest BCUT2D eigenvalue weighted by Crippen LogP contribution is -2.77. The highest BCUT2D eigenvalue weighted by Crippen LogP contribution is 2.78. The van der Waals surface area contributed by atoms with Crippen molar-refractivity contribution in [3.05, 3.63) is 59.7 Å². The number of likely N-dealkylation sites (N-methyl/N-ethyl adjacent to an activating group) is 2. The summed E-state index contributed by atoms with van der Waals surface area (Å²) in [7, 11) is 8.26. The SMILES string of the molecule is CC(=O)OCC12SSC3(CC4(C56CC78SSC(COC(C)=O)(C(=O)N7C5Nc5ccccc56)N(C)C8=O)c5ccccc5NC4N3C1=O)C(=O)N2C. The Kier molecular flexibility index (Phi) is 6.36. The summed E-state index contributed by atoms with van der Waals surface area (Å²) in [5.74, 6) is -2.40. The molecule has 0 saturated carbocycles. The molecule has 14 nitrogen and oxygen atoms in total. The van der Waals surface area contributed by atoms with Crippen molar-refractivity contribution in [2.45, 2.75) is 69.3 Å². The van der Waals surface area contributed by atoms with Gasteiger partial charge in [-0.05, 0) is 44.8 Å². The van der Waals surface area contributed by atoms with Crippen LogP contribution in [0.5, 0.6) is 0 Å². The Labute approximate surface area is 313 Å². The van der Waals surface area contributed by atoms with Crippen LogP contribution in [0, 0.1) is 0 Å². The number of fused-ring (bicyclic) bond motifs is 11. The minimum atomic E-state index is -1.50. The van der Waals surface area contributed by atoms with E-state index < -0.39 is 54.6 Å². The van der Waals surface area contributed by atoms with Gasteiger partial charge in [0.2, 0.25) is 9.74 Å². The predicted octanol–water partition coefficient (Wildman–Crippen LogP) is 2.48. The fourth-order valence-electron chi connectivity index (χ4n) is 10.3. The van der Waals surface area contributed by atoms with Crippen LogP contribution in [0.3, 0.4) is 0 Å². The number of carbonyl (C=O) groups is 6. The molecular formula is C34H32N6O8S4. The molecule has 12 rings (SSSR count). The topological polar surface area (TPSA) is 158 Å². The molecule has 0 radical (unpaired) electrons. The van der Waals surface area contributed by atoms with E-state index in [1.165, 1.54) is 66.8 Å². The molecule has 4 bridgehead atoms. The zero-order valence-corrected chi connectivity index (χ0v) is 31.6. The Balaban J connectivity index is 1.23. The summed E-state index contributed by atoms with van der Waals surface area (Å²) in [4.78, 5) is 84.5. The minimum absolute atomic E-state index is 0.177. The summed E-state index contributed by atoms with van der Waals surface area (Å²) < 4.78 is 10.9. The molecule has 52 heavy (non-hydrogen) atoms. The average molecular weight is 781 g/mol. The van der Waals surface area contributed by atoms with Gasteiger partial charge in [-0.1, -0.05) is 58.0 Å². The summed E-state index contributed by atoms with van der Waals surface area (Å²) in [5, 5.41) is 7.36. The number of nitrogens with one attached hydrogen (secondary N) is 2. The van der Waals surface area contributed by atoms with E-state index in [1.807, 2.05) is 48.5 Å². The van der Waals surface area contributed by atoms with Crippen LogP contribution in [0.2, 0.25) is 0 Å². The zero-order chi connectivity index (χ0) is 36.4. The first-order chi connectivity index (χ1) is 24.8. The van der Waals surface area contributed by atoms with Gasteiger partial charge in [0.15, 0.2) is 9.74 Å². The molecule has 8 atom stereocenters. The molecule has 4 amide bonds. The van der Waals surface area contributed by atoms with E-state index in [-0.39, 0.29) is 49.7 Å². The van der Waals surface area contributed by atoms with Crippen LogP contribution in [0.4, 0.5) is 11.4 Å². The number of hydrogen-bond acceptors (Lipinski definition) is 14. The average Bonchev–Trinajstić information content (AvgIpc) is 3.81. The Bertz CT molecular complexity index is 1960. The quantitative estimate of drug-likeness (QED) is 0.337. The number of para-hydroxylation sites is 2. The van der Waals surface area contributed by atoms with Gasteiger partial charge in [0, 0.05) is 52.2 Å². The number of ether oxygens (including phenoxy) is 2. The predicted molar refractivity (Wildman–Crippen MR) is 194 cm³/mol. The number of nitrogens with zero attached hydrogens (tertiary/aromatic N) is 4. The number of hydrogen-bond donors (Lipinski definition) is 2. The van der Waals surface area contributed by atoms with Crippen LogP contribution < -0.4 is 10.6 Å². The lowest BCUT2D eigenvalue weighted by atomic mass is 9.54. The third kappa shape index (κ3) is 3.31. The monoisotopic (exact) mass is 780 g/mol. The lowest BCUT2D eigenvalue weighted by molar-refractivity contribution is -0.170. The van der Waals surface area contributed by atoms with Crippen molar-refractivity contribution < 1.29 is 38.2 Å². The fraction of sp³-hybridized carbons (Fsp3) is 0.471. The zero-order valence-electron chi connectivity index (χ0n) is 28.3. The maximum atomic E-state index is 15.1. The van der Waals surface area contributed by atoms with Crippen molar-refractivity contribution in [2.24, 2.45) is 0 Å². The van der Waals surface area contributed by atoms with Gasteiger partial charge in [0.1, 0.15) is 25.5 Å². The Morgan fingerprint density at radius 3 is 1.42 bits per heavy atom. The molecule has 2 aromatic carbocycles. The molecule has 10 aliphatic heterocycles. The Morgan fingerprint density at radius 1 is 0.654 bits per heavy atom. The van der Waals surface area contributed by atoms with Crippen molar-refractivity contribution >= 4 is 90.1 Å². The van der Waals surface area contributed by atoms with Crippen molar-refractivity contribution in [1.29, 1.82) is 0 Å². The van der Waals surface area contributed by atoms with E-state index in [0.717, 1.165) is 22.5 Å². The summed E-state index contributed by atoms with van der Waals surface area (Å²) in [6, 6.07) is 15.6. The summed E-state index contributed by atoms with van der Waals surface area (Å²) in [6.45, 7) is 1.90. The van der Waals surface area contributed by atoms with Gasteiger partial charge >= 0.3 is 11.9 Å². The summed E-state index contributed by atoms with van der Waals surface area (Å²) in [5.41, 5.74) is 1.18. The van der Waals surface area contributed by atoms with E-state index >= 15 is 9.59 Å². The molecular weight excluding hydrogens is 749 g/mol. The van der Waals surface area contributed by atoms with Gasteiger partial charge < -0.3 is 29.9 Å². The molecule has 10 aliphatic rings. The van der Waals surface area contributed by atoms with Crippen molar-refractivity contribution in [2.75, 3.05) is 37.9 Å². The third-order valence-corrected chi connectivity index (χ3v) is 19.7. The van der Waals surface area contributed by atoms with Gasteiger partial charge in [-0.15, -0.1) is 0 Å². The molecule has 2 N–H and O–H groups in total. The highest BCUT2D eigenvalue weighted by atomic mass is 33.1. The second-order valence-corrected chi connectivity index (χ2v) is 20.0.